The van der Waals surface area contributed by atoms with Crippen molar-refractivity contribution in [3.8, 4) is 0 Å². The number of hydrogen-bond acceptors (Lipinski definition) is 4. The Bertz CT molecular complexity index is 338. The van der Waals surface area contributed by atoms with Gasteiger partial charge in [-0.1, -0.05) is 0 Å². The number of rotatable bonds is 5. The number of amides is 1. The van der Waals surface area contributed by atoms with Gasteiger partial charge in [0.15, 0.2) is 0 Å². The van der Waals surface area contributed by atoms with Crippen LogP contribution < -0.4 is 5.32 Å². The second-order valence-electron chi connectivity index (χ2n) is 3.78. The lowest BCUT2D eigenvalue weighted by Gasteiger charge is -2.12. The van der Waals surface area contributed by atoms with Crippen LogP contribution in [0.2, 0.25) is 0 Å². The largest absolute Gasteiger partial charge is 0.396 e. The average Bonchev–Trinajstić information content (AvgIpc) is 2.27. The summed E-state index contributed by atoms with van der Waals surface area (Å²) in [7, 11) is 0. The zero-order valence-corrected chi connectivity index (χ0v) is 9.60. The summed E-state index contributed by atoms with van der Waals surface area (Å²) in [6.45, 7) is 3.86. The molecule has 0 bridgehead atoms. The maximum atomic E-state index is 11.7. The Morgan fingerprint density at radius 2 is 2.25 bits per heavy atom. The number of hydrogen-bond donors (Lipinski definition) is 2. The first-order valence-corrected chi connectivity index (χ1v) is 5.34. The molecule has 0 aliphatic rings. The molecule has 0 aliphatic carbocycles. The summed E-state index contributed by atoms with van der Waals surface area (Å²) in [4.78, 5) is 19.6. The van der Waals surface area contributed by atoms with Crippen LogP contribution in [0.25, 0.3) is 0 Å². The van der Waals surface area contributed by atoms with E-state index in [0.29, 0.717) is 12.1 Å². The van der Waals surface area contributed by atoms with Crippen molar-refractivity contribution in [3.05, 3.63) is 23.8 Å². The summed E-state index contributed by atoms with van der Waals surface area (Å²) >= 11 is 0. The summed E-state index contributed by atoms with van der Waals surface area (Å²) in [5.41, 5.74) is 1.10. The van der Waals surface area contributed by atoms with Crippen molar-refractivity contribution in [1.82, 2.24) is 15.3 Å². The van der Waals surface area contributed by atoms with E-state index in [1.54, 1.807) is 6.20 Å². The number of aromatic nitrogens is 2. The maximum absolute atomic E-state index is 11.7. The first-order chi connectivity index (χ1) is 7.63. The van der Waals surface area contributed by atoms with Gasteiger partial charge in [-0.2, -0.15) is 0 Å². The molecule has 1 atom stereocenters. The van der Waals surface area contributed by atoms with Crippen molar-refractivity contribution in [2.75, 3.05) is 6.61 Å². The minimum absolute atomic E-state index is 0.0303. The Kier molecular flexibility index (Phi) is 4.85. The highest BCUT2D eigenvalue weighted by Crippen LogP contribution is 1.99. The molecule has 2 N–H and O–H groups in total. The Hall–Kier alpha value is -1.49. The van der Waals surface area contributed by atoms with E-state index >= 15 is 0 Å². The molecule has 0 radical (unpaired) electrons. The van der Waals surface area contributed by atoms with E-state index in [1.807, 2.05) is 13.8 Å². The van der Waals surface area contributed by atoms with Crippen molar-refractivity contribution in [2.45, 2.75) is 32.7 Å². The fourth-order valence-electron chi connectivity index (χ4n) is 1.28. The van der Waals surface area contributed by atoms with Crippen molar-refractivity contribution in [3.63, 3.8) is 0 Å². The first kappa shape index (κ1) is 12.6. The minimum atomic E-state index is -0.224. The number of nitrogens with one attached hydrogen (secondary N) is 1. The lowest BCUT2D eigenvalue weighted by molar-refractivity contribution is 0.0931. The topological polar surface area (TPSA) is 75.1 Å². The molecular weight excluding hydrogens is 206 g/mol. The van der Waals surface area contributed by atoms with E-state index in [9.17, 15) is 4.79 Å². The van der Waals surface area contributed by atoms with Gasteiger partial charge in [-0.05, 0) is 26.7 Å². The molecule has 1 aromatic heterocycles. The van der Waals surface area contributed by atoms with Crippen LogP contribution in [-0.4, -0.2) is 33.6 Å². The molecule has 5 heteroatoms. The minimum Gasteiger partial charge on any atom is -0.396 e. The monoisotopic (exact) mass is 223 g/mol. The highest BCUT2D eigenvalue weighted by molar-refractivity contribution is 5.92. The fraction of sp³-hybridized carbons (Fsp3) is 0.545. The predicted molar refractivity (Wildman–Crippen MR) is 60.0 cm³/mol. The van der Waals surface area contributed by atoms with Gasteiger partial charge >= 0.3 is 0 Å². The standard InChI is InChI=1S/C11H17N3O2/c1-8(4-3-5-15)14-11(16)10-7-12-9(2)6-13-10/h6-8,15H,3-5H2,1-2H3,(H,14,16). The Morgan fingerprint density at radius 3 is 2.81 bits per heavy atom. The van der Waals surface area contributed by atoms with Gasteiger partial charge in [0, 0.05) is 18.8 Å². The third kappa shape index (κ3) is 3.94. The second kappa shape index (κ2) is 6.17. The van der Waals surface area contributed by atoms with Gasteiger partial charge in [0.2, 0.25) is 0 Å². The number of carbonyl (C=O) groups excluding carboxylic acids is 1. The lowest BCUT2D eigenvalue weighted by Crippen LogP contribution is -2.33. The molecule has 1 amide bonds. The fourth-order valence-corrected chi connectivity index (χ4v) is 1.28. The molecule has 0 aliphatic heterocycles. The van der Waals surface area contributed by atoms with Crippen LogP contribution in [-0.2, 0) is 0 Å². The smallest absolute Gasteiger partial charge is 0.271 e. The molecule has 0 saturated heterocycles. The van der Waals surface area contributed by atoms with Crippen LogP contribution in [0.1, 0.15) is 35.9 Å². The molecule has 0 aromatic carbocycles. The molecule has 0 fully saturated rings. The zero-order chi connectivity index (χ0) is 12.0. The van der Waals surface area contributed by atoms with Gasteiger partial charge < -0.3 is 10.4 Å². The molecule has 88 valence electrons. The number of carbonyl (C=O) groups is 1. The van der Waals surface area contributed by atoms with Crippen LogP contribution in [0.3, 0.4) is 0 Å². The van der Waals surface area contributed by atoms with Gasteiger partial charge in [-0.25, -0.2) is 4.98 Å². The summed E-state index contributed by atoms with van der Waals surface area (Å²) in [5.74, 6) is -0.224. The van der Waals surface area contributed by atoms with Crippen molar-refractivity contribution >= 4 is 5.91 Å². The van der Waals surface area contributed by atoms with Gasteiger partial charge in [0.25, 0.3) is 5.91 Å². The van der Waals surface area contributed by atoms with Crippen molar-refractivity contribution in [1.29, 1.82) is 0 Å². The second-order valence-corrected chi connectivity index (χ2v) is 3.78. The van der Waals surface area contributed by atoms with E-state index in [1.165, 1.54) is 6.20 Å². The number of aryl methyl sites for hydroxylation is 1. The third-order valence-corrected chi connectivity index (χ3v) is 2.19. The molecule has 16 heavy (non-hydrogen) atoms. The van der Waals surface area contributed by atoms with E-state index in [-0.39, 0.29) is 18.6 Å². The van der Waals surface area contributed by atoms with Crippen molar-refractivity contribution < 1.29 is 9.90 Å². The summed E-state index contributed by atoms with van der Waals surface area (Å²) in [5, 5.41) is 11.5. The maximum Gasteiger partial charge on any atom is 0.271 e. The number of aliphatic hydroxyl groups excluding tert-OH is 1. The Balaban J connectivity index is 2.48. The zero-order valence-electron chi connectivity index (χ0n) is 9.60. The summed E-state index contributed by atoms with van der Waals surface area (Å²) < 4.78 is 0. The van der Waals surface area contributed by atoms with Gasteiger partial charge in [0.1, 0.15) is 5.69 Å². The van der Waals surface area contributed by atoms with Crippen LogP contribution >= 0.6 is 0 Å². The van der Waals surface area contributed by atoms with Gasteiger partial charge in [0.05, 0.1) is 11.9 Å². The van der Waals surface area contributed by atoms with Gasteiger partial charge in [-0.3, -0.25) is 9.78 Å². The highest BCUT2D eigenvalue weighted by Gasteiger charge is 2.10. The normalized spacial score (nSPS) is 12.2. The highest BCUT2D eigenvalue weighted by atomic mass is 16.2. The Labute approximate surface area is 94.9 Å². The third-order valence-electron chi connectivity index (χ3n) is 2.19. The summed E-state index contributed by atoms with van der Waals surface area (Å²) in [6.07, 6.45) is 4.46. The quantitative estimate of drug-likeness (QED) is 0.769. The van der Waals surface area contributed by atoms with Crippen molar-refractivity contribution in [2.24, 2.45) is 0 Å². The molecule has 5 nitrogen and oxygen atoms in total. The van der Waals surface area contributed by atoms with Crippen LogP contribution in [0.4, 0.5) is 0 Å². The van der Waals surface area contributed by atoms with Gasteiger partial charge in [-0.15, -0.1) is 0 Å². The molecule has 1 rings (SSSR count). The number of nitrogens with zero attached hydrogens (tertiary/aromatic N) is 2. The van der Waals surface area contributed by atoms with E-state index in [0.717, 1.165) is 12.1 Å². The SMILES string of the molecule is Cc1cnc(C(=O)NC(C)CCCO)cn1. The average molecular weight is 223 g/mol. The lowest BCUT2D eigenvalue weighted by atomic mass is 10.2. The summed E-state index contributed by atoms with van der Waals surface area (Å²) in [6, 6.07) is 0.0303. The molecule has 0 spiro atoms. The van der Waals surface area contributed by atoms with E-state index in [4.69, 9.17) is 5.11 Å². The van der Waals surface area contributed by atoms with Crippen LogP contribution in [0, 0.1) is 6.92 Å². The first-order valence-electron chi connectivity index (χ1n) is 5.34. The number of aliphatic hydroxyl groups is 1. The molecular formula is C11H17N3O2. The van der Waals surface area contributed by atoms with E-state index < -0.39 is 0 Å². The molecule has 0 saturated carbocycles. The predicted octanol–water partition coefficient (Wildman–Crippen LogP) is 0.676. The van der Waals surface area contributed by atoms with Crippen LogP contribution in [0.15, 0.2) is 12.4 Å². The Morgan fingerprint density at radius 1 is 1.50 bits per heavy atom. The van der Waals surface area contributed by atoms with Crippen LogP contribution in [0.5, 0.6) is 0 Å². The molecule has 1 unspecified atom stereocenters. The van der Waals surface area contributed by atoms with E-state index in [2.05, 4.69) is 15.3 Å². The molecule has 1 heterocycles. The molecule has 1 aromatic rings.